The molecule has 10 heteroatoms. The first-order valence-electron chi connectivity index (χ1n) is 9.92. The number of aromatic nitrogens is 1. The number of carbonyl (C=O) groups excluding carboxylic acids is 1. The highest BCUT2D eigenvalue weighted by Gasteiger charge is 2.35. The number of hydrazone groups is 1. The molecule has 166 valence electrons. The zero-order valence-corrected chi connectivity index (χ0v) is 20.1. The Morgan fingerprint density at radius 2 is 2.00 bits per heavy atom. The summed E-state index contributed by atoms with van der Waals surface area (Å²) < 4.78 is 13.8. The lowest BCUT2D eigenvalue weighted by Crippen LogP contribution is -2.35. The van der Waals surface area contributed by atoms with Crippen molar-refractivity contribution in [2.75, 3.05) is 20.0 Å². The van der Waals surface area contributed by atoms with Crippen LogP contribution in [0.25, 0.3) is 11.8 Å². The molecule has 0 unspecified atom stereocenters. The van der Waals surface area contributed by atoms with Gasteiger partial charge in [-0.3, -0.25) is 10.2 Å². The number of carbonyl (C=O) groups is 1. The van der Waals surface area contributed by atoms with Gasteiger partial charge in [0.25, 0.3) is 5.91 Å². The van der Waals surface area contributed by atoms with Crippen molar-refractivity contribution in [3.05, 3.63) is 46.8 Å². The van der Waals surface area contributed by atoms with Gasteiger partial charge >= 0.3 is 0 Å². The van der Waals surface area contributed by atoms with Gasteiger partial charge in [-0.05, 0) is 61.2 Å². The van der Waals surface area contributed by atoms with E-state index in [1.165, 1.54) is 16.8 Å². The molecule has 2 aromatic rings. The van der Waals surface area contributed by atoms with Gasteiger partial charge in [-0.1, -0.05) is 18.7 Å². The molecule has 0 spiro atoms. The van der Waals surface area contributed by atoms with E-state index in [0.717, 1.165) is 32.8 Å². The van der Waals surface area contributed by atoms with Crippen molar-refractivity contribution in [2.24, 2.45) is 10.1 Å². The van der Waals surface area contributed by atoms with E-state index in [-0.39, 0.29) is 11.4 Å². The molecule has 0 radical (unpaired) electrons. The Labute approximate surface area is 194 Å². The lowest BCUT2D eigenvalue weighted by Gasteiger charge is -2.20. The van der Waals surface area contributed by atoms with E-state index in [1.807, 2.05) is 49.6 Å². The van der Waals surface area contributed by atoms with Crippen LogP contribution in [0.4, 0.5) is 0 Å². The van der Waals surface area contributed by atoms with Crippen molar-refractivity contribution < 1.29 is 14.3 Å². The molecule has 0 fully saturated rings. The fourth-order valence-electron chi connectivity index (χ4n) is 3.59. The third-order valence-electron chi connectivity index (χ3n) is 5.10. The summed E-state index contributed by atoms with van der Waals surface area (Å²) in [6.07, 6.45) is 1.71. The van der Waals surface area contributed by atoms with Gasteiger partial charge in [0, 0.05) is 17.5 Å². The summed E-state index contributed by atoms with van der Waals surface area (Å²) in [4.78, 5) is 16.9. The van der Waals surface area contributed by atoms with Gasteiger partial charge in [-0.25, -0.2) is 0 Å². The first-order valence-corrected chi connectivity index (χ1v) is 11.7. The monoisotopic (exact) mass is 469 g/mol. The van der Waals surface area contributed by atoms with E-state index in [0.29, 0.717) is 16.7 Å². The van der Waals surface area contributed by atoms with E-state index in [1.54, 1.807) is 32.1 Å². The minimum atomic E-state index is -0.435. The van der Waals surface area contributed by atoms with Crippen LogP contribution in [0.5, 0.6) is 11.5 Å². The van der Waals surface area contributed by atoms with E-state index in [9.17, 15) is 4.79 Å². The van der Waals surface area contributed by atoms with Crippen LogP contribution >= 0.6 is 23.5 Å². The Kier molecular flexibility index (Phi) is 6.16. The molecule has 0 bridgehead atoms. The van der Waals surface area contributed by atoms with Crippen molar-refractivity contribution in [1.29, 1.82) is 5.41 Å². The van der Waals surface area contributed by atoms with Gasteiger partial charge in [-0.2, -0.15) is 10.0 Å². The molecule has 4 rings (SSSR count). The first-order chi connectivity index (χ1) is 15.4. The van der Waals surface area contributed by atoms with Crippen molar-refractivity contribution in [1.82, 2.24) is 9.58 Å². The summed E-state index contributed by atoms with van der Waals surface area (Å²) in [5, 5.41) is 14.9. The predicted octanol–water partition coefficient (Wildman–Crippen LogP) is 4.44. The number of amides is 1. The van der Waals surface area contributed by atoms with Gasteiger partial charge in [0.2, 0.25) is 5.17 Å². The predicted molar refractivity (Wildman–Crippen MR) is 131 cm³/mol. The average molecular weight is 470 g/mol. The third kappa shape index (κ3) is 3.84. The second-order valence-electron chi connectivity index (χ2n) is 7.02. The van der Waals surface area contributed by atoms with E-state index < -0.39 is 5.91 Å². The summed E-state index contributed by atoms with van der Waals surface area (Å²) in [5.74, 6) is 1.87. The second kappa shape index (κ2) is 8.87. The summed E-state index contributed by atoms with van der Waals surface area (Å²) in [6.45, 7) is 5.97. The number of hydrogen-bond donors (Lipinski definition) is 1. The normalized spacial score (nSPS) is 16.9. The molecule has 0 saturated heterocycles. The minimum absolute atomic E-state index is 0.0305. The number of rotatable bonds is 5. The number of nitrogens with zero attached hydrogens (tertiary/aromatic N) is 4. The van der Waals surface area contributed by atoms with Crippen LogP contribution in [-0.4, -0.2) is 50.8 Å². The van der Waals surface area contributed by atoms with Crippen LogP contribution in [-0.2, 0) is 4.79 Å². The number of aliphatic imine (C=N–C) groups is 1. The molecule has 1 N–H and O–H groups in total. The first kappa shape index (κ1) is 22.2. The number of nitrogens with one attached hydrogen (secondary N) is 1. The number of ether oxygens (including phenoxy) is 2. The highest BCUT2D eigenvalue weighted by Crippen LogP contribution is 2.34. The fourth-order valence-corrected chi connectivity index (χ4v) is 5.41. The van der Waals surface area contributed by atoms with Crippen molar-refractivity contribution in [3.8, 4) is 17.2 Å². The smallest absolute Gasteiger partial charge is 0.283 e. The number of amidine groups is 2. The largest absolute Gasteiger partial charge is 0.497 e. The van der Waals surface area contributed by atoms with Gasteiger partial charge in [-0.15, -0.1) is 5.10 Å². The topological polar surface area (TPSA) is 92.3 Å². The van der Waals surface area contributed by atoms with Crippen LogP contribution in [0.2, 0.25) is 0 Å². The van der Waals surface area contributed by atoms with Gasteiger partial charge in [0.15, 0.2) is 10.2 Å². The molecule has 1 amide bonds. The SMILES string of the molecule is CCSC1=NN2C(=N)/C(=C/c3cc(C)n(-c4cc(OC)ccc4OC)c3C)C(=O)N=C2S1. The van der Waals surface area contributed by atoms with Crippen LogP contribution in [0.3, 0.4) is 0 Å². The molecule has 32 heavy (non-hydrogen) atoms. The molecule has 3 heterocycles. The summed E-state index contributed by atoms with van der Waals surface area (Å²) >= 11 is 2.88. The fraction of sp³-hybridized carbons (Fsp3) is 0.273. The highest BCUT2D eigenvalue weighted by molar-refractivity contribution is 8.45. The maximum atomic E-state index is 12.7. The lowest BCUT2D eigenvalue weighted by atomic mass is 10.1. The number of benzene rings is 1. The minimum Gasteiger partial charge on any atom is -0.497 e. The quantitative estimate of drug-likeness (QED) is 0.651. The number of hydrogen-bond acceptors (Lipinski definition) is 7. The van der Waals surface area contributed by atoms with Gasteiger partial charge in [0.1, 0.15) is 11.5 Å². The number of aryl methyl sites for hydroxylation is 1. The van der Waals surface area contributed by atoms with Gasteiger partial charge < -0.3 is 14.0 Å². The molecule has 0 atom stereocenters. The van der Waals surface area contributed by atoms with Crippen LogP contribution in [0, 0.1) is 19.3 Å². The molecule has 8 nitrogen and oxygen atoms in total. The Morgan fingerprint density at radius 1 is 1.22 bits per heavy atom. The Hall–Kier alpha value is -2.98. The van der Waals surface area contributed by atoms with E-state index in [4.69, 9.17) is 14.9 Å². The Bertz CT molecular complexity index is 1210. The number of methoxy groups -OCH3 is 2. The molecular formula is C22H23N5O3S2. The van der Waals surface area contributed by atoms with Crippen molar-refractivity contribution >= 4 is 50.9 Å². The Morgan fingerprint density at radius 3 is 2.69 bits per heavy atom. The second-order valence-corrected chi connectivity index (χ2v) is 9.49. The summed E-state index contributed by atoms with van der Waals surface area (Å²) in [5.41, 5.74) is 3.71. The lowest BCUT2D eigenvalue weighted by molar-refractivity contribution is -0.114. The van der Waals surface area contributed by atoms with Crippen molar-refractivity contribution in [3.63, 3.8) is 0 Å². The molecule has 1 aromatic heterocycles. The number of fused-ring (bicyclic) bond motifs is 1. The molecule has 2 aliphatic rings. The molecule has 2 aliphatic heterocycles. The van der Waals surface area contributed by atoms with Crippen molar-refractivity contribution in [2.45, 2.75) is 20.8 Å². The number of thioether (sulfide) groups is 2. The van der Waals surface area contributed by atoms with E-state index >= 15 is 0 Å². The summed E-state index contributed by atoms with van der Waals surface area (Å²) in [7, 11) is 3.25. The van der Waals surface area contributed by atoms with Crippen LogP contribution < -0.4 is 9.47 Å². The van der Waals surface area contributed by atoms with Gasteiger partial charge in [0.05, 0.1) is 25.5 Å². The maximum Gasteiger partial charge on any atom is 0.283 e. The average Bonchev–Trinajstić information content (AvgIpc) is 3.30. The highest BCUT2D eigenvalue weighted by atomic mass is 32.2. The standard InChI is InChI=1S/C22H23N5O3S2/c1-6-31-22-25-27-19(23)16(20(28)24-21(27)32-22)10-14-9-12(2)26(13(14)3)17-11-15(29-4)7-8-18(17)30-5/h7-11,23H,6H2,1-5H3/b16-10-,23-19?. The van der Waals surface area contributed by atoms with Crippen LogP contribution in [0.1, 0.15) is 23.9 Å². The molecular weight excluding hydrogens is 446 g/mol. The molecule has 0 saturated carbocycles. The van der Waals surface area contributed by atoms with E-state index in [2.05, 4.69) is 10.1 Å². The third-order valence-corrected chi connectivity index (χ3v) is 7.02. The maximum absolute atomic E-state index is 12.7. The molecule has 1 aromatic carbocycles. The zero-order chi connectivity index (χ0) is 23.0. The van der Waals surface area contributed by atoms with Crippen LogP contribution in [0.15, 0.2) is 39.9 Å². The Balaban J connectivity index is 1.76. The molecule has 0 aliphatic carbocycles. The zero-order valence-electron chi connectivity index (χ0n) is 18.4. The summed E-state index contributed by atoms with van der Waals surface area (Å²) in [6, 6.07) is 7.58.